The summed E-state index contributed by atoms with van der Waals surface area (Å²) in [7, 11) is 0. The molecule has 0 fully saturated rings. The van der Waals surface area contributed by atoms with E-state index in [1.165, 1.54) is 0 Å². The van der Waals surface area contributed by atoms with Crippen molar-refractivity contribution >= 4 is 17.5 Å². The molecular weight excluding hydrogens is 240 g/mol. The van der Waals surface area contributed by atoms with Gasteiger partial charge in [0.25, 0.3) is 0 Å². The fourth-order valence-electron chi connectivity index (χ4n) is 1.83. The van der Waals surface area contributed by atoms with E-state index in [4.69, 9.17) is 0 Å². The van der Waals surface area contributed by atoms with Crippen molar-refractivity contribution in [3.8, 4) is 0 Å². The van der Waals surface area contributed by atoms with E-state index < -0.39 is 11.4 Å². The van der Waals surface area contributed by atoms with Gasteiger partial charge in [-0.25, -0.2) is 4.98 Å². The van der Waals surface area contributed by atoms with Gasteiger partial charge in [-0.3, -0.25) is 4.79 Å². The van der Waals surface area contributed by atoms with Gasteiger partial charge in [0.15, 0.2) is 0 Å². The normalized spacial score (nSPS) is 11.1. The Morgan fingerprint density at radius 2 is 1.84 bits per heavy atom. The molecule has 19 heavy (non-hydrogen) atoms. The fourth-order valence-corrected chi connectivity index (χ4v) is 1.83. The van der Waals surface area contributed by atoms with Gasteiger partial charge in [-0.05, 0) is 37.6 Å². The average molecular weight is 256 g/mol. The van der Waals surface area contributed by atoms with Crippen molar-refractivity contribution in [3.63, 3.8) is 0 Å². The Morgan fingerprint density at radius 1 is 1.16 bits per heavy atom. The van der Waals surface area contributed by atoms with Crippen molar-refractivity contribution in [2.75, 3.05) is 5.32 Å². The monoisotopic (exact) mass is 256 g/mol. The molecule has 2 rings (SSSR count). The van der Waals surface area contributed by atoms with Gasteiger partial charge in [0.05, 0.1) is 5.41 Å². The van der Waals surface area contributed by atoms with Crippen LogP contribution in [0, 0.1) is 0 Å². The highest BCUT2D eigenvalue weighted by Gasteiger charge is 2.31. The predicted molar refractivity (Wildman–Crippen MR) is 74.6 cm³/mol. The molecule has 2 N–H and O–H groups in total. The molecule has 0 aliphatic rings. The smallest absolute Gasteiger partial charge is 0.313 e. The van der Waals surface area contributed by atoms with Gasteiger partial charge in [0, 0.05) is 11.9 Å². The first-order valence-corrected chi connectivity index (χ1v) is 6.03. The van der Waals surface area contributed by atoms with Crippen LogP contribution in [0.3, 0.4) is 0 Å². The van der Waals surface area contributed by atoms with Crippen LogP contribution in [-0.4, -0.2) is 16.1 Å². The van der Waals surface area contributed by atoms with Gasteiger partial charge in [-0.2, -0.15) is 0 Å². The van der Waals surface area contributed by atoms with E-state index in [0.29, 0.717) is 5.82 Å². The number of rotatable bonds is 4. The lowest BCUT2D eigenvalue weighted by Crippen LogP contribution is -2.29. The molecule has 1 aromatic heterocycles. The minimum Gasteiger partial charge on any atom is -0.481 e. The molecule has 0 bridgehead atoms. The number of anilines is 2. The third kappa shape index (κ3) is 2.73. The van der Waals surface area contributed by atoms with E-state index in [0.717, 1.165) is 11.3 Å². The molecule has 0 saturated heterocycles. The molecule has 0 unspecified atom stereocenters. The summed E-state index contributed by atoms with van der Waals surface area (Å²) < 4.78 is 0. The summed E-state index contributed by atoms with van der Waals surface area (Å²) in [5.41, 5.74) is 0.528. The number of benzene rings is 1. The van der Waals surface area contributed by atoms with Gasteiger partial charge in [-0.1, -0.05) is 24.3 Å². The number of para-hydroxylation sites is 1. The zero-order valence-electron chi connectivity index (χ0n) is 10.9. The standard InChI is InChI=1S/C15H16N2O2/c1-15(2,14(18)19)11-7-3-4-8-12(11)17-13-9-5-6-10-16-13/h3-10H,1-2H3,(H,16,17)(H,18,19). The summed E-state index contributed by atoms with van der Waals surface area (Å²) in [5.74, 6) is -0.168. The predicted octanol–water partition coefficient (Wildman–Crippen LogP) is 3.19. The number of pyridine rings is 1. The summed E-state index contributed by atoms with van der Waals surface area (Å²) in [5, 5.41) is 12.5. The number of carboxylic acid groups (broad SMARTS) is 1. The molecule has 1 heterocycles. The Hall–Kier alpha value is -2.36. The maximum absolute atomic E-state index is 11.4. The maximum Gasteiger partial charge on any atom is 0.313 e. The molecule has 0 aliphatic carbocycles. The van der Waals surface area contributed by atoms with Crippen molar-refractivity contribution in [1.82, 2.24) is 4.98 Å². The molecule has 0 atom stereocenters. The van der Waals surface area contributed by atoms with E-state index in [2.05, 4.69) is 10.3 Å². The number of nitrogens with zero attached hydrogens (tertiary/aromatic N) is 1. The number of carbonyl (C=O) groups is 1. The lowest BCUT2D eigenvalue weighted by atomic mass is 9.83. The number of carboxylic acids is 1. The van der Waals surface area contributed by atoms with Crippen LogP contribution in [0.1, 0.15) is 19.4 Å². The molecule has 0 spiro atoms. The molecule has 0 aliphatic heterocycles. The molecular formula is C15H16N2O2. The topological polar surface area (TPSA) is 62.2 Å². The summed E-state index contributed by atoms with van der Waals surface area (Å²) >= 11 is 0. The van der Waals surface area contributed by atoms with Gasteiger partial charge in [0.2, 0.25) is 0 Å². The van der Waals surface area contributed by atoms with Gasteiger partial charge in [0.1, 0.15) is 5.82 Å². The van der Waals surface area contributed by atoms with Crippen molar-refractivity contribution < 1.29 is 9.90 Å². The third-order valence-corrected chi connectivity index (χ3v) is 3.06. The Kier molecular flexibility index (Phi) is 3.51. The highest BCUT2D eigenvalue weighted by Crippen LogP contribution is 2.31. The fraction of sp³-hybridized carbons (Fsp3) is 0.200. The minimum absolute atomic E-state index is 0.691. The Labute approximate surface area is 112 Å². The first kappa shape index (κ1) is 13.1. The van der Waals surface area contributed by atoms with Crippen molar-refractivity contribution in [1.29, 1.82) is 0 Å². The zero-order valence-corrected chi connectivity index (χ0v) is 10.9. The Morgan fingerprint density at radius 3 is 2.47 bits per heavy atom. The average Bonchev–Trinajstić information content (AvgIpc) is 2.40. The molecule has 98 valence electrons. The van der Waals surface area contributed by atoms with Crippen LogP contribution in [0.15, 0.2) is 48.7 Å². The Bertz CT molecular complexity index is 580. The van der Waals surface area contributed by atoms with Crippen LogP contribution in [0.5, 0.6) is 0 Å². The molecule has 4 heteroatoms. The molecule has 0 radical (unpaired) electrons. The largest absolute Gasteiger partial charge is 0.481 e. The first-order chi connectivity index (χ1) is 9.01. The number of aromatic nitrogens is 1. The van der Waals surface area contributed by atoms with E-state index in [-0.39, 0.29) is 0 Å². The number of hydrogen-bond acceptors (Lipinski definition) is 3. The van der Waals surface area contributed by atoms with Crippen molar-refractivity contribution in [2.45, 2.75) is 19.3 Å². The van der Waals surface area contributed by atoms with Crippen LogP contribution in [0.25, 0.3) is 0 Å². The lowest BCUT2D eigenvalue weighted by Gasteiger charge is -2.23. The second kappa shape index (κ2) is 5.10. The van der Waals surface area contributed by atoms with Crippen LogP contribution in [0.4, 0.5) is 11.5 Å². The van der Waals surface area contributed by atoms with E-state index >= 15 is 0 Å². The minimum atomic E-state index is -0.960. The summed E-state index contributed by atoms with van der Waals surface area (Å²) in [6.45, 7) is 3.38. The quantitative estimate of drug-likeness (QED) is 0.881. The zero-order chi connectivity index (χ0) is 13.9. The van der Waals surface area contributed by atoms with Crippen LogP contribution in [-0.2, 0) is 10.2 Å². The van der Waals surface area contributed by atoms with Crippen molar-refractivity contribution in [2.24, 2.45) is 0 Å². The van der Waals surface area contributed by atoms with Gasteiger partial charge >= 0.3 is 5.97 Å². The van der Waals surface area contributed by atoms with Crippen LogP contribution >= 0.6 is 0 Å². The van der Waals surface area contributed by atoms with Gasteiger partial charge in [-0.15, -0.1) is 0 Å². The highest BCUT2D eigenvalue weighted by atomic mass is 16.4. The molecule has 2 aromatic rings. The first-order valence-electron chi connectivity index (χ1n) is 6.03. The van der Waals surface area contributed by atoms with Crippen LogP contribution in [0.2, 0.25) is 0 Å². The molecule has 1 aromatic carbocycles. The number of aliphatic carboxylic acids is 1. The van der Waals surface area contributed by atoms with E-state index in [1.54, 1.807) is 20.0 Å². The number of nitrogens with one attached hydrogen (secondary N) is 1. The maximum atomic E-state index is 11.4. The van der Waals surface area contributed by atoms with Crippen LogP contribution < -0.4 is 5.32 Å². The Balaban J connectivity index is 2.40. The SMILES string of the molecule is CC(C)(C(=O)O)c1ccccc1Nc1ccccn1. The lowest BCUT2D eigenvalue weighted by molar-refractivity contribution is -0.142. The molecule has 0 saturated carbocycles. The molecule has 4 nitrogen and oxygen atoms in total. The number of hydrogen-bond donors (Lipinski definition) is 2. The van der Waals surface area contributed by atoms with Crippen molar-refractivity contribution in [3.05, 3.63) is 54.2 Å². The summed E-state index contributed by atoms with van der Waals surface area (Å²) in [4.78, 5) is 15.6. The third-order valence-electron chi connectivity index (χ3n) is 3.06. The highest BCUT2D eigenvalue weighted by molar-refractivity contribution is 5.83. The van der Waals surface area contributed by atoms with E-state index in [1.807, 2.05) is 42.5 Å². The summed E-state index contributed by atoms with van der Waals surface area (Å²) in [6, 6.07) is 12.9. The molecule has 0 amide bonds. The van der Waals surface area contributed by atoms with E-state index in [9.17, 15) is 9.90 Å². The second-order valence-corrected chi connectivity index (χ2v) is 4.82. The second-order valence-electron chi connectivity index (χ2n) is 4.82. The van der Waals surface area contributed by atoms with Gasteiger partial charge < -0.3 is 10.4 Å². The summed E-state index contributed by atoms with van der Waals surface area (Å²) in [6.07, 6.45) is 1.69.